The van der Waals surface area contributed by atoms with Crippen molar-refractivity contribution in [3.8, 4) is 0 Å². The van der Waals surface area contributed by atoms with E-state index in [0.29, 0.717) is 12.5 Å². The maximum absolute atomic E-state index is 5.11. The standard InChI is InChI=1S/C15H21N5O/c1-3-7-16-13-10(2)14(17-9-12-6-8-18-21-12)20-15(19-13)11-4-5-11/h6,8,11H,3-5,7,9H2,1-2H3,(H2,16,17,19,20). The molecule has 0 amide bonds. The zero-order chi connectivity index (χ0) is 14.7. The summed E-state index contributed by atoms with van der Waals surface area (Å²) in [7, 11) is 0. The molecule has 112 valence electrons. The van der Waals surface area contributed by atoms with Gasteiger partial charge in [0.2, 0.25) is 0 Å². The van der Waals surface area contributed by atoms with Crippen molar-refractivity contribution in [2.75, 3.05) is 17.2 Å². The van der Waals surface area contributed by atoms with Crippen molar-refractivity contribution in [1.29, 1.82) is 0 Å². The van der Waals surface area contributed by atoms with Gasteiger partial charge in [-0.3, -0.25) is 0 Å². The Bertz CT molecular complexity index is 592. The Labute approximate surface area is 124 Å². The molecule has 0 bridgehead atoms. The van der Waals surface area contributed by atoms with Gasteiger partial charge in [0, 0.05) is 24.1 Å². The molecule has 0 atom stereocenters. The third-order valence-corrected chi connectivity index (χ3v) is 3.57. The fraction of sp³-hybridized carbons (Fsp3) is 0.533. The van der Waals surface area contributed by atoms with Crippen LogP contribution in [0.5, 0.6) is 0 Å². The van der Waals surface area contributed by atoms with E-state index in [-0.39, 0.29) is 0 Å². The van der Waals surface area contributed by atoms with Crippen molar-refractivity contribution >= 4 is 11.6 Å². The van der Waals surface area contributed by atoms with Gasteiger partial charge in [0.15, 0.2) is 5.76 Å². The molecule has 0 spiro atoms. The molecule has 0 radical (unpaired) electrons. The predicted molar refractivity (Wildman–Crippen MR) is 81.4 cm³/mol. The average molecular weight is 287 g/mol. The molecule has 1 saturated carbocycles. The summed E-state index contributed by atoms with van der Waals surface area (Å²) in [4.78, 5) is 9.36. The van der Waals surface area contributed by atoms with Crippen LogP contribution < -0.4 is 10.6 Å². The van der Waals surface area contributed by atoms with Gasteiger partial charge in [-0.1, -0.05) is 12.1 Å². The van der Waals surface area contributed by atoms with Gasteiger partial charge in [0.25, 0.3) is 0 Å². The number of hydrogen-bond donors (Lipinski definition) is 2. The van der Waals surface area contributed by atoms with Crippen molar-refractivity contribution in [1.82, 2.24) is 15.1 Å². The first-order valence-electron chi connectivity index (χ1n) is 7.53. The van der Waals surface area contributed by atoms with E-state index in [1.165, 1.54) is 12.8 Å². The monoisotopic (exact) mass is 287 g/mol. The van der Waals surface area contributed by atoms with Crippen LogP contribution >= 0.6 is 0 Å². The first-order valence-corrected chi connectivity index (χ1v) is 7.53. The van der Waals surface area contributed by atoms with Crippen molar-refractivity contribution in [2.24, 2.45) is 0 Å². The normalized spacial score (nSPS) is 14.2. The smallest absolute Gasteiger partial charge is 0.155 e. The highest BCUT2D eigenvalue weighted by atomic mass is 16.5. The van der Waals surface area contributed by atoms with Gasteiger partial charge in [-0.05, 0) is 26.2 Å². The lowest BCUT2D eigenvalue weighted by atomic mass is 10.2. The highest BCUT2D eigenvalue weighted by Gasteiger charge is 2.28. The Hall–Kier alpha value is -2.11. The number of anilines is 2. The van der Waals surface area contributed by atoms with Crippen molar-refractivity contribution in [3.05, 3.63) is 29.4 Å². The first kappa shape index (κ1) is 13.9. The van der Waals surface area contributed by atoms with E-state index in [2.05, 4.69) is 32.7 Å². The summed E-state index contributed by atoms with van der Waals surface area (Å²) in [6.45, 7) is 5.68. The van der Waals surface area contributed by atoms with E-state index >= 15 is 0 Å². The summed E-state index contributed by atoms with van der Waals surface area (Å²) in [6, 6.07) is 1.85. The van der Waals surface area contributed by atoms with Crippen LogP contribution in [-0.2, 0) is 6.54 Å². The Morgan fingerprint density at radius 3 is 2.62 bits per heavy atom. The van der Waals surface area contributed by atoms with Gasteiger partial charge in [0.05, 0.1) is 12.7 Å². The number of rotatable bonds is 7. The van der Waals surface area contributed by atoms with Crippen LogP contribution in [0.25, 0.3) is 0 Å². The fourth-order valence-electron chi connectivity index (χ4n) is 2.15. The molecular formula is C15H21N5O. The van der Waals surface area contributed by atoms with Crippen LogP contribution in [0.3, 0.4) is 0 Å². The van der Waals surface area contributed by atoms with Gasteiger partial charge in [-0.15, -0.1) is 0 Å². The molecule has 0 aromatic carbocycles. The number of nitrogens with one attached hydrogen (secondary N) is 2. The Morgan fingerprint density at radius 2 is 2.00 bits per heavy atom. The van der Waals surface area contributed by atoms with E-state index in [0.717, 1.165) is 41.7 Å². The topological polar surface area (TPSA) is 75.9 Å². The molecular weight excluding hydrogens is 266 g/mol. The third kappa shape index (κ3) is 3.32. The number of hydrogen-bond acceptors (Lipinski definition) is 6. The molecule has 2 aromatic heterocycles. The van der Waals surface area contributed by atoms with Crippen LogP contribution in [0, 0.1) is 6.92 Å². The molecule has 1 fully saturated rings. The van der Waals surface area contributed by atoms with E-state index in [1.807, 2.05) is 13.0 Å². The first-order chi connectivity index (χ1) is 10.3. The van der Waals surface area contributed by atoms with E-state index in [4.69, 9.17) is 4.52 Å². The van der Waals surface area contributed by atoms with Crippen LogP contribution in [0.2, 0.25) is 0 Å². The summed E-state index contributed by atoms with van der Waals surface area (Å²) in [5, 5.41) is 10.4. The zero-order valence-electron chi connectivity index (χ0n) is 12.5. The lowest BCUT2D eigenvalue weighted by molar-refractivity contribution is 0.388. The minimum Gasteiger partial charge on any atom is -0.370 e. The molecule has 3 rings (SSSR count). The molecule has 1 aliphatic carbocycles. The largest absolute Gasteiger partial charge is 0.370 e. The van der Waals surface area contributed by atoms with Gasteiger partial charge in [0.1, 0.15) is 17.5 Å². The number of aromatic nitrogens is 3. The fourth-order valence-corrected chi connectivity index (χ4v) is 2.15. The predicted octanol–water partition coefficient (Wildman–Crippen LogP) is 3.08. The Kier molecular flexibility index (Phi) is 4.03. The zero-order valence-corrected chi connectivity index (χ0v) is 12.5. The maximum Gasteiger partial charge on any atom is 0.155 e. The van der Waals surface area contributed by atoms with Crippen LogP contribution in [0.4, 0.5) is 11.6 Å². The van der Waals surface area contributed by atoms with Crippen molar-refractivity contribution in [3.63, 3.8) is 0 Å². The second kappa shape index (κ2) is 6.11. The van der Waals surface area contributed by atoms with Gasteiger partial charge in [-0.2, -0.15) is 0 Å². The molecule has 6 nitrogen and oxygen atoms in total. The van der Waals surface area contributed by atoms with Gasteiger partial charge < -0.3 is 15.2 Å². The average Bonchev–Trinajstić information content (AvgIpc) is 3.21. The summed E-state index contributed by atoms with van der Waals surface area (Å²) < 4.78 is 5.11. The second-order valence-corrected chi connectivity index (χ2v) is 5.44. The van der Waals surface area contributed by atoms with Gasteiger partial charge >= 0.3 is 0 Å². The van der Waals surface area contributed by atoms with Crippen LogP contribution in [-0.4, -0.2) is 21.7 Å². The lowest BCUT2D eigenvalue weighted by Gasteiger charge is -2.14. The molecule has 2 heterocycles. The van der Waals surface area contributed by atoms with Crippen LogP contribution in [0.15, 0.2) is 16.8 Å². The minimum absolute atomic E-state index is 0.526. The molecule has 2 N–H and O–H groups in total. The summed E-state index contributed by atoms with van der Waals surface area (Å²) in [5.74, 6) is 4.08. The van der Waals surface area contributed by atoms with Crippen molar-refractivity contribution < 1.29 is 4.52 Å². The highest BCUT2D eigenvalue weighted by Crippen LogP contribution is 2.39. The van der Waals surface area contributed by atoms with E-state index in [9.17, 15) is 0 Å². The highest BCUT2D eigenvalue weighted by molar-refractivity contribution is 5.57. The summed E-state index contributed by atoms with van der Waals surface area (Å²) >= 11 is 0. The summed E-state index contributed by atoms with van der Waals surface area (Å²) in [6.07, 6.45) is 5.10. The van der Waals surface area contributed by atoms with Crippen LogP contribution in [0.1, 0.15) is 49.3 Å². The molecule has 2 aromatic rings. The lowest BCUT2D eigenvalue weighted by Crippen LogP contribution is -2.11. The SMILES string of the molecule is CCCNc1nc(C2CC2)nc(NCc2ccno2)c1C. The quantitative estimate of drug-likeness (QED) is 0.815. The van der Waals surface area contributed by atoms with Crippen molar-refractivity contribution in [2.45, 2.75) is 45.6 Å². The minimum atomic E-state index is 0.526. The second-order valence-electron chi connectivity index (χ2n) is 5.44. The Balaban J connectivity index is 1.80. The number of nitrogens with zero attached hydrogens (tertiary/aromatic N) is 3. The van der Waals surface area contributed by atoms with E-state index in [1.54, 1.807) is 6.20 Å². The molecule has 1 aliphatic rings. The third-order valence-electron chi connectivity index (χ3n) is 3.57. The molecule has 6 heteroatoms. The van der Waals surface area contributed by atoms with E-state index < -0.39 is 0 Å². The molecule has 0 saturated heterocycles. The van der Waals surface area contributed by atoms with Gasteiger partial charge in [-0.25, -0.2) is 9.97 Å². The molecule has 0 unspecified atom stereocenters. The maximum atomic E-state index is 5.11. The Morgan fingerprint density at radius 1 is 1.24 bits per heavy atom. The molecule has 0 aliphatic heterocycles. The summed E-state index contributed by atoms with van der Waals surface area (Å²) in [5.41, 5.74) is 1.05. The molecule has 21 heavy (non-hydrogen) atoms.